The Hall–Kier alpha value is -4.12. The Morgan fingerprint density at radius 3 is 2.19 bits per heavy atom. The molecule has 1 saturated heterocycles. The molecule has 1 aliphatic rings. The van der Waals surface area contributed by atoms with E-state index in [4.69, 9.17) is 4.74 Å². The lowest BCUT2D eigenvalue weighted by Crippen LogP contribution is -2.50. The minimum atomic E-state index is -0.515. The summed E-state index contributed by atoms with van der Waals surface area (Å²) in [5.74, 6) is -0.633. The number of hydrogen-bond donors (Lipinski definition) is 1. The van der Waals surface area contributed by atoms with Crippen LogP contribution in [0.1, 0.15) is 32.7 Å². The zero-order valence-corrected chi connectivity index (χ0v) is 24.3. The number of methoxy groups -OCH3 is 1. The Bertz CT molecular complexity index is 1420. The maximum atomic E-state index is 14.1. The molecule has 0 radical (unpaired) electrons. The van der Waals surface area contributed by atoms with Crippen LogP contribution in [0.3, 0.4) is 0 Å². The average Bonchev–Trinajstić information content (AvgIpc) is 3.50. The van der Waals surface area contributed by atoms with Gasteiger partial charge in [-0.15, -0.1) is 11.3 Å². The predicted octanol–water partition coefficient (Wildman–Crippen LogP) is 5.51. The van der Waals surface area contributed by atoms with Gasteiger partial charge >= 0.3 is 6.03 Å². The van der Waals surface area contributed by atoms with Gasteiger partial charge in [-0.05, 0) is 23.3 Å². The molecule has 5 rings (SSSR count). The summed E-state index contributed by atoms with van der Waals surface area (Å²) in [6.45, 7) is 3.41. The number of benzene rings is 3. The molecule has 8 nitrogen and oxygen atoms in total. The molecule has 0 unspecified atom stereocenters. The quantitative estimate of drug-likeness (QED) is 0.265. The fraction of sp³-hybridized carbons (Fsp3) is 0.281. The Kier molecular flexibility index (Phi) is 9.91. The van der Waals surface area contributed by atoms with E-state index in [9.17, 15) is 14.0 Å². The number of carbonyl (C=O) groups is 2. The maximum absolute atomic E-state index is 14.1. The van der Waals surface area contributed by atoms with Crippen LogP contribution in [0.25, 0.3) is 0 Å². The fourth-order valence-electron chi connectivity index (χ4n) is 5.09. The van der Waals surface area contributed by atoms with Crippen LogP contribution in [0.15, 0.2) is 90.3 Å². The fourth-order valence-corrected chi connectivity index (χ4v) is 5.87. The van der Waals surface area contributed by atoms with Gasteiger partial charge in [0.2, 0.25) is 0 Å². The van der Waals surface area contributed by atoms with E-state index in [1.165, 1.54) is 39.5 Å². The second-order valence-corrected chi connectivity index (χ2v) is 10.9. The molecule has 218 valence electrons. The van der Waals surface area contributed by atoms with Crippen molar-refractivity contribution >= 4 is 29.0 Å². The van der Waals surface area contributed by atoms with Crippen molar-refractivity contribution in [1.29, 1.82) is 0 Å². The number of nitrogens with one attached hydrogen (secondary N) is 1. The zero-order chi connectivity index (χ0) is 29.3. The van der Waals surface area contributed by atoms with Crippen molar-refractivity contribution in [2.75, 3.05) is 51.8 Å². The van der Waals surface area contributed by atoms with Crippen molar-refractivity contribution in [3.63, 3.8) is 0 Å². The first-order chi connectivity index (χ1) is 20.5. The summed E-state index contributed by atoms with van der Waals surface area (Å²) in [7, 11) is 1.55. The number of thiazole rings is 1. The Morgan fingerprint density at radius 1 is 0.952 bits per heavy atom. The van der Waals surface area contributed by atoms with Gasteiger partial charge in [0, 0.05) is 45.2 Å². The molecule has 1 aliphatic heterocycles. The van der Waals surface area contributed by atoms with Crippen molar-refractivity contribution in [1.82, 2.24) is 19.7 Å². The van der Waals surface area contributed by atoms with Crippen LogP contribution in [-0.2, 0) is 11.3 Å². The third-order valence-corrected chi connectivity index (χ3v) is 8.10. The molecule has 0 atom stereocenters. The van der Waals surface area contributed by atoms with Crippen LogP contribution in [0.5, 0.6) is 0 Å². The van der Waals surface area contributed by atoms with Gasteiger partial charge in [-0.1, -0.05) is 72.8 Å². The number of para-hydroxylation sites is 1. The lowest BCUT2D eigenvalue weighted by molar-refractivity contribution is 0.0592. The van der Waals surface area contributed by atoms with Crippen LogP contribution in [0.4, 0.5) is 14.9 Å². The molecule has 1 aromatic heterocycles. The summed E-state index contributed by atoms with van der Waals surface area (Å²) in [5, 5.41) is 4.97. The van der Waals surface area contributed by atoms with Crippen LogP contribution in [-0.4, -0.2) is 78.1 Å². The van der Waals surface area contributed by atoms with Crippen molar-refractivity contribution in [3.8, 4) is 0 Å². The number of anilines is 1. The monoisotopic (exact) mass is 587 g/mol. The molecule has 10 heteroatoms. The molecule has 2 heterocycles. The standard InChI is InChI=1S/C32H34FN5O3S/c1-41-21-20-38(32(40)35-27-15-9-8-14-26(27)33)22-29-34-28(23-42-29)31(39)37-18-16-36(17-19-37)30(24-10-4-2-5-11-24)25-12-6-3-7-13-25/h2-15,23,30H,16-22H2,1H3,(H,35,40). The van der Waals surface area contributed by atoms with Crippen LogP contribution < -0.4 is 5.32 Å². The van der Waals surface area contributed by atoms with Gasteiger partial charge in [-0.3, -0.25) is 9.69 Å². The third kappa shape index (κ3) is 7.20. The predicted molar refractivity (Wildman–Crippen MR) is 162 cm³/mol. The highest BCUT2D eigenvalue weighted by Crippen LogP contribution is 2.29. The number of aromatic nitrogens is 1. The van der Waals surface area contributed by atoms with Crippen molar-refractivity contribution in [2.45, 2.75) is 12.6 Å². The lowest BCUT2D eigenvalue weighted by atomic mass is 9.96. The molecule has 0 spiro atoms. The largest absolute Gasteiger partial charge is 0.383 e. The second-order valence-electron chi connectivity index (χ2n) is 10.0. The second kappa shape index (κ2) is 14.2. The molecule has 1 N–H and O–H groups in total. The van der Waals surface area contributed by atoms with E-state index >= 15 is 0 Å². The third-order valence-electron chi connectivity index (χ3n) is 7.26. The molecular formula is C32H34FN5O3S. The number of nitrogens with zero attached hydrogens (tertiary/aromatic N) is 4. The maximum Gasteiger partial charge on any atom is 0.322 e. The van der Waals surface area contributed by atoms with Crippen LogP contribution in [0, 0.1) is 5.82 Å². The van der Waals surface area contributed by atoms with Crippen LogP contribution in [0.2, 0.25) is 0 Å². The number of halogens is 1. The summed E-state index contributed by atoms with van der Waals surface area (Å²) in [4.78, 5) is 36.7. The van der Waals surface area contributed by atoms with E-state index in [0.717, 1.165) is 13.1 Å². The van der Waals surface area contributed by atoms with Gasteiger partial charge in [0.1, 0.15) is 16.5 Å². The summed E-state index contributed by atoms with van der Waals surface area (Å²) in [6, 6.07) is 26.5. The van der Waals surface area contributed by atoms with Gasteiger partial charge in [-0.25, -0.2) is 14.2 Å². The summed E-state index contributed by atoms with van der Waals surface area (Å²) < 4.78 is 19.3. The Balaban J connectivity index is 1.22. The van der Waals surface area contributed by atoms with Crippen molar-refractivity contribution < 1.29 is 18.7 Å². The lowest BCUT2D eigenvalue weighted by Gasteiger charge is -2.39. The number of amides is 3. The molecule has 0 saturated carbocycles. The molecule has 42 heavy (non-hydrogen) atoms. The van der Waals surface area contributed by atoms with E-state index in [2.05, 4.69) is 63.7 Å². The molecular weight excluding hydrogens is 553 g/mol. The highest BCUT2D eigenvalue weighted by molar-refractivity contribution is 7.09. The number of carbonyl (C=O) groups excluding carboxylic acids is 2. The number of hydrogen-bond acceptors (Lipinski definition) is 6. The molecule has 3 amide bonds. The van der Waals surface area contributed by atoms with E-state index in [1.54, 1.807) is 24.6 Å². The number of rotatable bonds is 10. The number of piperazine rings is 1. The molecule has 1 fully saturated rings. The summed E-state index contributed by atoms with van der Waals surface area (Å²) in [5.41, 5.74) is 2.92. The van der Waals surface area contributed by atoms with Crippen molar-refractivity contribution in [2.24, 2.45) is 0 Å². The van der Waals surface area contributed by atoms with Gasteiger partial charge in [0.25, 0.3) is 5.91 Å². The van der Waals surface area contributed by atoms with Gasteiger partial charge in [0.05, 0.1) is 24.9 Å². The Labute approximate surface area is 249 Å². The highest BCUT2D eigenvalue weighted by Gasteiger charge is 2.29. The number of ether oxygens (including phenoxy) is 1. The van der Waals surface area contributed by atoms with Crippen molar-refractivity contribution in [3.05, 3.63) is 118 Å². The SMILES string of the molecule is COCCN(Cc1nc(C(=O)N2CCN(C(c3ccccc3)c3ccccc3)CC2)cs1)C(=O)Nc1ccccc1F. The zero-order valence-electron chi connectivity index (χ0n) is 23.5. The Morgan fingerprint density at radius 2 is 1.57 bits per heavy atom. The van der Waals surface area contributed by atoms with E-state index < -0.39 is 11.8 Å². The van der Waals surface area contributed by atoms with Gasteiger partial charge < -0.3 is 19.9 Å². The first-order valence-electron chi connectivity index (χ1n) is 13.9. The summed E-state index contributed by atoms with van der Waals surface area (Å²) in [6.07, 6.45) is 0. The first kappa shape index (κ1) is 29.4. The van der Waals surface area contributed by atoms with E-state index in [0.29, 0.717) is 30.4 Å². The molecule has 0 aliphatic carbocycles. The molecule has 0 bridgehead atoms. The van der Waals surface area contributed by atoms with Gasteiger partial charge in [-0.2, -0.15) is 0 Å². The van der Waals surface area contributed by atoms with Crippen LogP contribution >= 0.6 is 11.3 Å². The minimum Gasteiger partial charge on any atom is -0.383 e. The number of urea groups is 1. The molecule has 4 aromatic rings. The minimum absolute atomic E-state index is 0.0980. The van der Waals surface area contributed by atoms with Gasteiger partial charge in [0.15, 0.2) is 0 Å². The van der Waals surface area contributed by atoms with E-state index in [1.807, 2.05) is 17.0 Å². The highest BCUT2D eigenvalue weighted by atomic mass is 32.1. The first-order valence-corrected chi connectivity index (χ1v) is 14.8. The molecule has 3 aromatic carbocycles. The average molecular weight is 588 g/mol. The smallest absolute Gasteiger partial charge is 0.322 e. The van der Waals surface area contributed by atoms with E-state index in [-0.39, 0.29) is 30.7 Å². The topological polar surface area (TPSA) is 78.0 Å². The summed E-state index contributed by atoms with van der Waals surface area (Å²) >= 11 is 1.32. The normalized spacial score (nSPS) is 13.7.